The third-order valence-electron chi connectivity index (χ3n) is 4.56. The fraction of sp³-hybridized carbons (Fsp3) is 0.238. The van der Waals surface area contributed by atoms with Gasteiger partial charge in [-0.25, -0.2) is 8.42 Å². The average Bonchev–Trinajstić information content (AvgIpc) is 3.02. The lowest BCUT2D eigenvalue weighted by Crippen LogP contribution is -2.34. The van der Waals surface area contributed by atoms with E-state index in [9.17, 15) is 18.0 Å². The topological polar surface area (TPSA) is 105 Å². The van der Waals surface area contributed by atoms with Gasteiger partial charge in [-0.15, -0.1) is 0 Å². The molecule has 0 unspecified atom stereocenters. The number of para-hydroxylation sites is 1. The lowest BCUT2D eigenvalue weighted by molar-refractivity contribution is -0.144. The van der Waals surface area contributed by atoms with Crippen molar-refractivity contribution >= 4 is 32.7 Å². The molecule has 0 amide bonds. The van der Waals surface area contributed by atoms with E-state index in [0.717, 1.165) is 16.5 Å². The fourth-order valence-corrected chi connectivity index (χ4v) is 4.01. The number of benzene rings is 2. The zero-order valence-corrected chi connectivity index (χ0v) is 17.2. The quantitative estimate of drug-likeness (QED) is 0.457. The van der Waals surface area contributed by atoms with Crippen LogP contribution in [0.5, 0.6) is 0 Å². The van der Waals surface area contributed by atoms with Gasteiger partial charge >= 0.3 is 5.97 Å². The van der Waals surface area contributed by atoms with Crippen LogP contribution in [0.4, 0.5) is 0 Å². The number of hydrogen-bond donors (Lipinski definition) is 2. The molecule has 0 saturated carbocycles. The van der Waals surface area contributed by atoms with Gasteiger partial charge in [-0.3, -0.25) is 9.59 Å². The van der Waals surface area contributed by atoms with Crippen LogP contribution in [0.25, 0.3) is 10.9 Å². The first-order valence-corrected chi connectivity index (χ1v) is 10.5. The van der Waals surface area contributed by atoms with Crippen LogP contribution < -0.4 is 4.72 Å². The summed E-state index contributed by atoms with van der Waals surface area (Å²) < 4.78 is 31.9. The highest BCUT2D eigenvalue weighted by molar-refractivity contribution is 7.89. The summed E-state index contributed by atoms with van der Waals surface area (Å²) in [6, 6.07) is 13.6. The largest absolute Gasteiger partial charge is 0.453 e. The number of aromatic amines is 1. The summed E-state index contributed by atoms with van der Waals surface area (Å²) in [6.07, 6.45) is -1.05. The van der Waals surface area contributed by atoms with Gasteiger partial charge in [0.2, 0.25) is 15.8 Å². The number of ketones is 1. The van der Waals surface area contributed by atoms with Crippen LogP contribution in [0.2, 0.25) is 0 Å². The zero-order chi connectivity index (χ0) is 21.2. The Kier molecular flexibility index (Phi) is 5.86. The Morgan fingerprint density at radius 3 is 2.41 bits per heavy atom. The first-order valence-electron chi connectivity index (χ1n) is 9.06. The average molecular weight is 414 g/mol. The Hall–Kier alpha value is -2.97. The molecule has 2 N–H and O–H groups in total. The zero-order valence-electron chi connectivity index (χ0n) is 16.4. The van der Waals surface area contributed by atoms with Crippen molar-refractivity contribution in [2.45, 2.75) is 31.8 Å². The smallest absolute Gasteiger partial charge is 0.321 e. The molecule has 7 nitrogen and oxygen atoms in total. The van der Waals surface area contributed by atoms with Crippen molar-refractivity contribution in [3.8, 4) is 0 Å². The minimum absolute atomic E-state index is 0.0504. The van der Waals surface area contributed by atoms with E-state index in [-0.39, 0.29) is 10.7 Å². The molecule has 2 aromatic carbocycles. The standard InChI is InChI=1S/C21H22N2O5S/c1-13-8-10-16(11-9-13)29(26,27)22-12-19(24)28-15(3)21(25)20-14(2)23-18-7-5-4-6-17(18)20/h4-11,15,22-23H,12H2,1-3H3/t15-/m0/s1. The second-order valence-electron chi connectivity index (χ2n) is 6.80. The summed E-state index contributed by atoms with van der Waals surface area (Å²) in [5.41, 5.74) is 2.88. The van der Waals surface area contributed by atoms with Crippen molar-refractivity contribution < 1.29 is 22.7 Å². The number of esters is 1. The van der Waals surface area contributed by atoms with Crippen molar-refractivity contribution in [3.05, 3.63) is 65.4 Å². The lowest BCUT2D eigenvalue weighted by atomic mass is 10.0. The molecule has 29 heavy (non-hydrogen) atoms. The number of aromatic nitrogens is 1. The highest BCUT2D eigenvalue weighted by Crippen LogP contribution is 2.23. The minimum Gasteiger partial charge on any atom is -0.453 e. The number of hydrogen-bond acceptors (Lipinski definition) is 5. The molecule has 8 heteroatoms. The Balaban J connectivity index is 1.65. The minimum atomic E-state index is -3.85. The van der Waals surface area contributed by atoms with E-state index >= 15 is 0 Å². The maximum Gasteiger partial charge on any atom is 0.321 e. The van der Waals surface area contributed by atoms with Crippen LogP contribution in [-0.4, -0.2) is 37.8 Å². The van der Waals surface area contributed by atoms with Gasteiger partial charge < -0.3 is 9.72 Å². The van der Waals surface area contributed by atoms with E-state index in [1.807, 2.05) is 31.2 Å². The van der Waals surface area contributed by atoms with Gasteiger partial charge in [0.1, 0.15) is 6.54 Å². The van der Waals surface area contributed by atoms with Gasteiger partial charge in [0, 0.05) is 22.2 Å². The highest BCUT2D eigenvalue weighted by atomic mass is 32.2. The number of Topliss-reactive ketones (excluding diaryl/α,β-unsaturated/α-hetero) is 1. The van der Waals surface area contributed by atoms with Gasteiger partial charge in [-0.2, -0.15) is 4.72 Å². The molecule has 0 bridgehead atoms. The molecular formula is C21H22N2O5S. The Labute approximate surface area is 169 Å². The fourth-order valence-electron chi connectivity index (χ4n) is 3.04. The van der Waals surface area contributed by atoms with Crippen LogP contribution in [0.3, 0.4) is 0 Å². The number of carbonyl (C=O) groups excluding carboxylic acids is 2. The summed E-state index contributed by atoms with van der Waals surface area (Å²) in [6.45, 7) is 4.52. The highest BCUT2D eigenvalue weighted by Gasteiger charge is 2.25. The van der Waals surface area contributed by atoms with E-state index < -0.39 is 28.6 Å². The van der Waals surface area contributed by atoms with Crippen LogP contribution in [0, 0.1) is 13.8 Å². The van der Waals surface area contributed by atoms with E-state index in [2.05, 4.69) is 9.71 Å². The second kappa shape index (κ2) is 8.18. The molecule has 1 atom stereocenters. The molecular weight excluding hydrogens is 392 g/mol. The molecule has 0 spiro atoms. The predicted molar refractivity (Wildman–Crippen MR) is 109 cm³/mol. The first-order chi connectivity index (χ1) is 13.7. The number of H-pyrrole nitrogens is 1. The Bertz CT molecular complexity index is 1160. The summed E-state index contributed by atoms with van der Waals surface area (Å²) in [4.78, 5) is 28.1. The van der Waals surface area contributed by atoms with Gasteiger partial charge in [0.05, 0.1) is 4.90 Å². The summed E-state index contributed by atoms with van der Waals surface area (Å²) in [7, 11) is -3.85. The number of ether oxygens (including phenoxy) is 1. The van der Waals surface area contributed by atoms with Gasteiger partial charge in [0.25, 0.3) is 0 Å². The van der Waals surface area contributed by atoms with Crippen LogP contribution in [0.1, 0.15) is 28.5 Å². The van der Waals surface area contributed by atoms with Crippen molar-refractivity contribution in [2.24, 2.45) is 0 Å². The van der Waals surface area contributed by atoms with Crippen LogP contribution in [0.15, 0.2) is 53.4 Å². The molecule has 0 aliphatic carbocycles. The SMILES string of the molecule is Cc1ccc(S(=O)(=O)NCC(=O)O[C@@H](C)C(=O)c2c(C)[nH]c3ccccc23)cc1. The van der Waals surface area contributed by atoms with Crippen LogP contribution >= 0.6 is 0 Å². The third-order valence-corrected chi connectivity index (χ3v) is 5.97. The number of rotatable bonds is 7. The molecule has 0 aliphatic rings. The Morgan fingerprint density at radius 2 is 1.72 bits per heavy atom. The maximum absolute atomic E-state index is 12.8. The predicted octanol–water partition coefficient (Wildman–Crippen LogP) is 2.88. The molecule has 3 aromatic rings. The molecule has 1 aromatic heterocycles. The van der Waals surface area contributed by atoms with E-state index in [0.29, 0.717) is 11.3 Å². The number of aryl methyl sites for hydroxylation is 2. The monoisotopic (exact) mass is 414 g/mol. The van der Waals surface area contributed by atoms with Crippen molar-refractivity contribution in [1.29, 1.82) is 0 Å². The number of nitrogens with one attached hydrogen (secondary N) is 2. The number of fused-ring (bicyclic) bond motifs is 1. The van der Waals surface area contributed by atoms with Crippen molar-refractivity contribution in [2.75, 3.05) is 6.54 Å². The van der Waals surface area contributed by atoms with Gasteiger partial charge in [0.15, 0.2) is 6.10 Å². The molecule has 0 fully saturated rings. The van der Waals surface area contributed by atoms with Crippen molar-refractivity contribution in [1.82, 2.24) is 9.71 Å². The second-order valence-corrected chi connectivity index (χ2v) is 8.57. The number of sulfonamides is 1. The normalized spacial score (nSPS) is 12.7. The van der Waals surface area contributed by atoms with Gasteiger partial charge in [-0.1, -0.05) is 35.9 Å². The molecule has 1 heterocycles. The molecule has 0 aliphatic heterocycles. The first kappa shape index (κ1) is 20.8. The summed E-state index contributed by atoms with van der Waals surface area (Å²) in [5, 5.41) is 0.748. The third kappa shape index (κ3) is 4.55. The van der Waals surface area contributed by atoms with Gasteiger partial charge in [-0.05, 0) is 39.0 Å². The van der Waals surface area contributed by atoms with Crippen LogP contribution in [-0.2, 0) is 19.6 Å². The molecule has 3 rings (SSSR count). The maximum atomic E-state index is 12.8. The molecule has 0 saturated heterocycles. The molecule has 152 valence electrons. The molecule has 0 radical (unpaired) electrons. The van der Waals surface area contributed by atoms with E-state index in [1.54, 1.807) is 19.1 Å². The van der Waals surface area contributed by atoms with E-state index in [1.165, 1.54) is 19.1 Å². The summed E-state index contributed by atoms with van der Waals surface area (Å²) >= 11 is 0. The van der Waals surface area contributed by atoms with E-state index in [4.69, 9.17) is 4.74 Å². The summed E-state index contributed by atoms with van der Waals surface area (Å²) in [5.74, 6) is -1.19. The Morgan fingerprint density at radius 1 is 1.07 bits per heavy atom. The lowest BCUT2D eigenvalue weighted by Gasteiger charge is -2.13. The number of carbonyl (C=O) groups is 2. The van der Waals surface area contributed by atoms with Crippen molar-refractivity contribution in [3.63, 3.8) is 0 Å².